The van der Waals surface area contributed by atoms with Crippen molar-refractivity contribution in [1.82, 2.24) is 15.2 Å². The highest BCUT2D eigenvalue weighted by molar-refractivity contribution is 6.30. The molecule has 28 heavy (non-hydrogen) atoms. The van der Waals surface area contributed by atoms with Crippen LogP contribution in [-0.2, 0) is 11.3 Å². The lowest BCUT2D eigenvalue weighted by Crippen LogP contribution is -2.23. The fraction of sp³-hybridized carbons (Fsp3) is 0.364. The maximum atomic E-state index is 12.0. The highest BCUT2D eigenvalue weighted by Gasteiger charge is 2.20. The van der Waals surface area contributed by atoms with Crippen LogP contribution in [0.5, 0.6) is 0 Å². The summed E-state index contributed by atoms with van der Waals surface area (Å²) in [7, 11) is 0. The standard InChI is InChI=1S/C22H24ClN3O2/c23-19-8-9-20(25-22(19)28)18(13-17-7-10-21(27)24-17)16-5-3-15(4-6-16)14-26-11-1-2-12-26/h3-6,8-9,13,17H,1-2,7,10-12,14H2,(H,24,27)(H,25,28)/b18-13+/t17-/m1/s1. The van der Waals surface area contributed by atoms with E-state index < -0.39 is 0 Å². The van der Waals surface area contributed by atoms with Crippen LogP contribution in [0.4, 0.5) is 0 Å². The van der Waals surface area contributed by atoms with E-state index in [-0.39, 0.29) is 22.5 Å². The Morgan fingerprint density at radius 3 is 2.50 bits per heavy atom. The van der Waals surface area contributed by atoms with E-state index in [1.807, 2.05) is 12.1 Å². The molecule has 2 fully saturated rings. The molecule has 5 nitrogen and oxygen atoms in total. The Balaban J connectivity index is 1.64. The van der Waals surface area contributed by atoms with Gasteiger partial charge in [-0.25, -0.2) is 0 Å². The van der Waals surface area contributed by atoms with Gasteiger partial charge in [0, 0.05) is 30.3 Å². The summed E-state index contributed by atoms with van der Waals surface area (Å²) in [6.07, 6.45) is 5.87. The van der Waals surface area contributed by atoms with Gasteiger partial charge in [0.2, 0.25) is 5.91 Å². The Morgan fingerprint density at radius 1 is 1.11 bits per heavy atom. The van der Waals surface area contributed by atoms with Gasteiger partial charge in [0.05, 0.1) is 0 Å². The molecule has 0 unspecified atom stereocenters. The fourth-order valence-electron chi connectivity index (χ4n) is 3.91. The van der Waals surface area contributed by atoms with Gasteiger partial charge >= 0.3 is 0 Å². The first-order valence-electron chi connectivity index (χ1n) is 9.80. The second-order valence-electron chi connectivity index (χ2n) is 7.52. The lowest BCUT2D eigenvalue weighted by molar-refractivity contribution is -0.119. The van der Waals surface area contributed by atoms with Crippen LogP contribution in [0.2, 0.25) is 5.02 Å². The predicted octanol–water partition coefficient (Wildman–Crippen LogP) is 3.33. The zero-order chi connectivity index (χ0) is 19.5. The highest BCUT2D eigenvalue weighted by Crippen LogP contribution is 2.25. The Hall–Kier alpha value is -2.37. The molecule has 1 amide bonds. The first kappa shape index (κ1) is 19.0. The van der Waals surface area contributed by atoms with Crippen LogP contribution < -0.4 is 10.9 Å². The lowest BCUT2D eigenvalue weighted by Gasteiger charge is -2.16. The van der Waals surface area contributed by atoms with Crippen LogP contribution in [0.3, 0.4) is 0 Å². The minimum atomic E-state index is -0.314. The van der Waals surface area contributed by atoms with Crippen molar-refractivity contribution in [2.75, 3.05) is 13.1 Å². The number of H-pyrrole nitrogens is 1. The van der Waals surface area contributed by atoms with Crippen molar-refractivity contribution >= 4 is 23.1 Å². The molecular weight excluding hydrogens is 374 g/mol. The molecule has 4 rings (SSSR count). The number of hydrogen-bond acceptors (Lipinski definition) is 3. The van der Waals surface area contributed by atoms with Gasteiger partial charge < -0.3 is 10.3 Å². The zero-order valence-corrected chi connectivity index (χ0v) is 16.5. The van der Waals surface area contributed by atoms with Gasteiger partial charge in [-0.1, -0.05) is 41.9 Å². The van der Waals surface area contributed by atoms with Crippen molar-refractivity contribution in [2.45, 2.75) is 38.3 Å². The summed E-state index contributed by atoms with van der Waals surface area (Å²) in [6, 6.07) is 11.8. The third-order valence-electron chi connectivity index (χ3n) is 5.42. The summed E-state index contributed by atoms with van der Waals surface area (Å²) in [4.78, 5) is 28.9. The molecule has 0 saturated carbocycles. The van der Waals surface area contributed by atoms with E-state index in [4.69, 9.17) is 11.6 Å². The molecular formula is C22H24ClN3O2. The van der Waals surface area contributed by atoms with Crippen LogP contribution in [0.1, 0.15) is 42.5 Å². The molecule has 2 aliphatic rings. The van der Waals surface area contributed by atoms with Crippen LogP contribution >= 0.6 is 11.6 Å². The number of hydrogen-bond donors (Lipinski definition) is 2. The Labute approximate surface area is 169 Å². The zero-order valence-electron chi connectivity index (χ0n) is 15.7. The number of nitrogens with zero attached hydrogens (tertiary/aromatic N) is 1. The van der Waals surface area contributed by atoms with Crippen LogP contribution in [0.25, 0.3) is 5.57 Å². The maximum Gasteiger partial charge on any atom is 0.267 e. The summed E-state index contributed by atoms with van der Waals surface area (Å²) in [5.41, 5.74) is 3.57. The van der Waals surface area contributed by atoms with E-state index in [2.05, 4.69) is 39.5 Å². The molecule has 3 heterocycles. The number of likely N-dealkylation sites (tertiary alicyclic amines) is 1. The summed E-state index contributed by atoms with van der Waals surface area (Å²) >= 11 is 5.90. The van der Waals surface area contributed by atoms with Gasteiger partial charge in [0.15, 0.2) is 0 Å². The van der Waals surface area contributed by atoms with Crippen molar-refractivity contribution in [3.05, 3.63) is 74.7 Å². The van der Waals surface area contributed by atoms with Gasteiger partial charge in [-0.15, -0.1) is 0 Å². The second kappa shape index (κ2) is 8.33. The third kappa shape index (κ3) is 4.37. The molecule has 2 aromatic rings. The number of rotatable bonds is 5. The fourth-order valence-corrected chi connectivity index (χ4v) is 4.02. The summed E-state index contributed by atoms with van der Waals surface area (Å²) in [5.74, 6) is 0.0613. The normalized spacial score (nSPS) is 20.5. The maximum absolute atomic E-state index is 12.0. The number of carbonyl (C=O) groups is 1. The third-order valence-corrected chi connectivity index (χ3v) is 5.72. The van der Waals surface area contributed by atoms with Crippen LogP contribution in [0, 0.1) is 0 Å². The smallest absolute Gasteiger partial charge is 0.267 e. The Bertz CT molecular complexity index is 943. The molecule has 2 aliphatic heterocycles. The molecule has 2 saturated heterocycles. The number of aromatic amines is 1. The second-order valence-corrected chi connectivity index (χ2v) is 7.93. The quantitative estimate of drug-likeness (QED) is 0.813. The van der Waals surface area contributed by atoms with E-state index in [1.54, 1.807) is 6.07 Å². The average molecular weight is 398 g/mol. The monoisotopic (exact) mass is 397 g/mol. The first-order chi connectivity index (χ1) is 13.6. The van der Waals surface area contributed by atoms with E-state index in [1.165, 1.54) is 31.5 Å². The lowest BCUT2D eigenvalue weighted by atomic mass is 9.98. The number of carbonyl (C=O) groups excluding carboxylic acids is 1. The Kier molecular flexibility index (Phi) is 5.64. The van der Waals surface area contributed by atoms with Crippen molar-refractivity contribution in [2.24, 2.45) is 0 Å². The molecule has 0 spiro atoms. The number of pyridine rings is 1. The SMILES string of the molecule is O=C1CC[C@H](/C=C(\c2ccc(CN3CCCC3)cc2)c2ccc(Cl)c(=O)[nH]2)N1. The molecule has 1 aromatic heterocycles. The van der Waals surface area contributed by atoms with Crippen LogP contribution in [0.15, 0.2) is 47.3 Å². The van der Waals surface area contributed by atoms with Gasteiger partial charge in [0.1, 0.15) is 5.02 Å². The molecule has 1 aromatic carbocycles. The van der Waals surface area contributed by atoms with Crippen molar-refractivity contribution in [3.8, 4) is 0 Å². The summed E-state index contributed by atoms with van der Waals surface area (Å²) in [6.45, 7) is 3.30. The number of amides is 1. The molecule has 146 valence electrons. The Morgan fingerprint density at radius 2 is 1.86 bits per heavy atom. The number of halogens is 1. The molecule has 6 heteroatoms. The van der Waals surface area contributed by atoms with Crippen molar-refractivity contribution in [3.63, 3.8) is 0 Å². The van der Waals surface area contributed by atoms with Gasteiger partial charge in [-0.3, -0.25) is 14.5 Å². The number of nitrogens with one attached hydrogen (secondary N) is 2. The van der Waals surface area contributed by atoms with E-state index in [0.717, 1.165) is 24.1 Å². The molecule has 0 radical (unpaired) electrons. The highest BCUT2D eigenvalue weighted by atomic mass is 35.5. The minimum absolute atomic E-state index is 0.0362. The van der Waals surface area contributed by atoms with E-state index in [0.29, 0.717) is 12.1 Å². The summed E-state index contributed by atoms with van der Waals surface area (Å²) < 4.78 is 0. The number of aromatic nitrogens is 1. The largest absolute Gasteiger partial charge is 0.350 e. The predicted molar refractivity (Wildman–Crippen MR) is 111 cm³/mol. The average Bonchev–Trinajstić information content (AvgIpc) is 3.35. The minimum Gasteiger partial charge on any atom is -0.350 e. The van der Waals surface area contributed by atoms with E-state index in [9.17, 15) is 9.59 Å². The first-order valence-corrected chi connectivity index (χ1v) is 10.2. The van der Waals surface area contributed by atoms with E-state index >= 15 is 0 Å². The van der Waals surface area contributed by atoms with Crippen LogP contribution in [-0.4, -0.2) is 34.9 Å². The molecule has 1 atom stereocenters. The molecule has 2 N–H and O–H groups in total. The molecule has 0 aliphatic carbocycles. The topological polar surface area (TPSA) is 65.2 Å². The van der Waals surface area contributed by atoms with Crippen molar-refractivity contribution in [1.29, 1.82) is 0 Å². The van der Waals surface area contributed by atoms with Gasteiger partial charge in [-0.05, 0) is 55.6 Å². The molecule has 0 bridgehead atoms. The van der Waals surface area contributed by atoms with Gasteiger partial charge in [-0.2, -0.15) is 0 Å². The van der Waals surface area contributed by atoms with Crippen molar-refractivity contribution < 1.29 is 4.79 Å². The summed E-state index contributed by atoms with van der Waals surface area (Å²) in [5, 5.41) is 3.13. The van der Waals surface area contributed by atoms with Gasteiger partial charge in [0.25, 0.3) is 5.56 Å². The number of benzene rings is 1.